The van der Waals surface area contributed by atoms with E-state index in [1.165, 1.54) is 18.9 Å². The van der Waals surface area contributed by atoms with Crippen LogP contribution in [-0.2, 0) is 0 Å². The molecule has 1 atom stereocenters. The van der Waals surface area contributed by atoms with E-state index in [9.17, 15) is 13.9 Å². The molecule has 0 aromatic heterocycles. The Morgan fingerprint density at radius 3 is 2.67 bits per heavy atom. The summed E-state index contributed by atoms with van der Waals surface area (Å²) in [6.07, 6.45) is 4.88. The van der Waals surface area contributed by atoms with Gasteiger partial charge in [0.15, 0.2) is 11.6 Å². The van der Waals surface area contributed by atoms with Crippen LogP contribution in [0.5, 0.6) is 5.75 Å². The summed E-state index contributed by atoms with van der Waals surface area (Å²) >= 11 is 0. The first-order valence-electron chi connectivity index (χ1n) is 6.41. The number of benzene rings is 1. The number of rotatable bonds is 5. The standard InChI is InChI=1S/C14H18F2O2/c15-11-5-6-14(13(16)8-11)18-9-12(17)7-10-3-1-2-4-10/h5-6,8,10,12,17H,1-4,7,9H2. The summed E-state index contributed by atoms with van der Waals surface area (Å²) in [6.45, 7) is 0.0546. The minimum Gasteiger partial charge on any atom is -0.488 e. The van der Waals surface area contributed by atoms with Crippen LogP contribution in [-0.4, -0.2) is 17.8 Å². The number of aliphatic hydroxyl groups excluding tert-OH is 1. The molecule has 0 heterocycles. The van der Waals surface area contributed by atoms with Gasteiger partial charge >= 0.3 is 0 Å². The lowest BCUT2D eigenvalue weighted by Gasteiger charge is -2.16. The van der Waals surface area contributed by atoms with Crippen LogP contribution < -0.4 is 4.74 Å². The molecule has 1 aliphatic rings. The molecular weight excluding hydrogens is 238 g/mol. The molecule has 0 spiro atoms. The molecule has 0 radical (unpaired) electrons. The zero-order chi connectivity index (χ0) is 13.0. The quantitative estimate of drug-likeness (QED) is 0.876. The van der Waals surface area contributed by atoms with Crippen LogP contribution >= 0.6 is 0 Å². The average molecular weight is 256 g/mol. The van der Waals surface area contributed by atoms with Gasteiger partial charge in [0.05, 0.1) is 6.10 Å². The Hall–Kier alpha value is -1.16. The molecule has 1 saturated carbocycles. The molecule has 1 aromatic rings. The van der Waals surface area contributed by atoms with E-state index in [0.29, 0.717) is 12.3 Å². The van der Waals surface area contributed by atoms with E-state index >= 15 is 0 Å². The summed E-state index contributed by atoms with van der Waals surface area (Å²) in [4.78, 5) is 0. The van der Waals surface area contributed by atoms with Crippen molar-refractivity contribution in [1.82, 2.24) is 0 Å². The fourth-order valence-corrected chi connectivity index (χ4v) is 2.48. The summed E-state index contributed by atoms with van der Waals surface area (Å²) in [5.41, 5.74) is 0. The van der Waals surface area contributed by atoms with E-state index < -0.39 is 17.7 Å². The van der Waals surface area contributed by atoms with Crippen molar-refractivity contribution in [1.29, 1.82) is 0 Å². The van der Waals surface area contributed by atoms with Gasteiger partial charge < -0.3 is 9.84 Å². The minimum absolute atomic E-state index is 0.0122. The molecule has 1 aromatic carbocycles. The molecule has 18 heavy (non-hydrogen) atoms. The lowest BCUT2D eigenvalue weighted by Crippen LogP contribution is -2.20. The van der Waals surface area contributed by atoms with Crippen LogP contribution in [0.1, 0.15) is 32.1 Å². The highest BCUT2D eigenvalue weighted by Gasteiger charge is 2.19. The average Bonchev–Trinajstić information content (AvgIpc) is 2.80. The molecule has 0 bridgehead atoms. The van der Waals surface area contributed by atoms with Crippen LogP contribution in [0.15, 0.2) is 18.2 Å². The normalized spacial score (nSPS) is 17.9. The molecule has 0 aliphatic heterocycles. The molecule has 0 saturated heterocycles. The number of ether oxygens (including phenoxy) is 1. The highest BCUT2D eigenvalue weighted by atomic mass is 19.1. The van der Waals surface area contributed by atoms with Gasteiger partial charge in [0.2, 0.25) is 0 Å². The molecule has 1 N–H and O–H groups in total. The van der Waals surface area contributed by atoms with Gasteiger partial charge in [0.1, 0.15) is 12.4 Å². The summed E-state index contributed by atoms with van der Waals surface area (Å²) in [7, 11) is 0. The van der Waals surface area contributed by atoms with Crippen molar-refractivity contribution >= 4 is 0 Å². The molecule has 0 amide bonds. The fraction of sp³-hybridized carbons (Fsp3) is 0.571. The van der Waals surface area contributed by atoms with Crippen LogP contribution in [0.25, 0.3) is 0 Å². The van der Waals surface area contributed by atoms with Crippen molar-refractivity contribution in [3.05, 3.63) is 29.8 Å². The Balaban J connectivity index is 1.79. The molecular formula is C14H18F2O2. The third kappa shape index (κ3) is 3.67. The van der Waals surface area contributed by atoms with Crippen molar-refractivity contribution in [2.24, 2.45) is 5.92 Å². The third-order valence-corrected chi connectivity index (χ3v) is 3.41. The van der Waals surface area contributed by atoms with Crippen LogP contribution in [0, 0.1) is 17.6 Å². The fourth-order valence-electron chi connectivity index (χ4n) is 2.48. The van der Waals surface area contributed by atoms with Crippen molar-refractivity contribution in [2.75, 3.05) is 6.61 Å². The van der Waals surface area contributed by atoms with Gasteiger partial charge in [0.25, 0.3) is 0 Å². The second-order valence-electron chi connectivity index (χ2n) is 4.93. The van der Waals surface area contributed by atoms with Crippen molar-refractivity contribution in [2.45, 2.75) is 38.2 Å². The number of aliphatic hydroxyl groups is 1. The zero-order valence-corrected chi connectivity index (χ0v) is 10.2. The largest absolute Gasteiger partial charge is 0.488 e. The molecule has 2 rings (SSSR count). The smallest absolute Gasteiger partial charge is 0.167 e. The maximum Gasteiger partial charge on any atom is 0.167 e. The van der Waals surface area contributed by atoms with E-state index in [2.05, 4.69) is 0 Å². The lowest BCUT2D eigenvalue weighted by atomic mass is 10.0. The van der Waals surface area contributed by atoms with Gasteiger partial charge in [-0.15, -0.1) is 0 Å². The van der Waals surface area contributed by atoms with Gasteiger partial charge in [-0.2, -0.15) is 0 Å². The predicted octanol–water partition coefficient (Wildman–Crippen LogP) is 3.28. The molecule has 100 valence electrons. The first kappa shape index (κ1) is 13.3. The SMILES string of the molecule is OC(COc1ccc(F)cc1F)CC1CCCC1. The van der Waals surface area contributed by atoms with E-state index in [0.717, 1.165) is 25.0 Å². The molecule has 4 heteroatoms. The van der Waals surface area contributed by atoms with Crippen LogP contribution in [0.3, 0.4) is 0 Å². The van der Waals surface area contributed by atoms with Gasteiger partial charge in [-0.1, -0.05) is 25.7 Å². The molecule has 1 aliphatic carbocycles. The van der Waals surface area contributed by atoms with E-state index in [1.807, 2.05) is 0 Å². The molecule has 1 fully saturated rings. The Morgan fingerprint density at radius 1 is 1.28 bits per heavy atom. The molecule has 2 nitrogen and oxygen atoms in total. The summed E-state index contributed by atoms with van der Waals surface area (Å²) < 4.78 is 31.1. The van der Waals surface area contributed by atoms with E-state index in [-0.39, 0.29) is 12.4 Å². The van der Waals surface area contributed by atoms with Crippen molar-refractivity contribution in [3.63, 3.8) is 0 Å². The Labute approximate surface area is 106 Å². The van der Waals surface area contributed by atoms with Gasteiger partial charge in [-0.3, -0.25) is 0 Å². The second kappa shape index (κ2) is 6.14. The summed E-state index contributed by atoms with van der Waals surface area (Å²) in [5, 5.41) is 9.79. The highest BCUT2D eigenvalue weighted by molar-refractivity contribution is 5.24. The van der Waals surface area contributed by atoms with Crippen LogP contribution in [0.4, 0.5) is 8.78 Å². The summed E-state index contributed by atoms with van der Waals surface area (Å²) in [6, 6.07) is 3.16. The number of halogens is 2. The minimum atomic E-state index is -0.733. The maximum atomic E-state index is 13.3. The van der Waals surface area contributed by atoms with Gasteiger partial charge in [-0.05, 0) is 24.5 Å². The first-order chi connectivity index (χ1) is 8.65. The highest BCUT2D eigenvalue weighted by Crippen LogP contribution is 2.28. The van der Waals surface area contributed by atoms with Crippen LogP contribution in [0.2, 0.25) is 0 Å². The second-order valence-corrected chi connectivity index (χ2v) is 4.93. The number of hydrogen-bond donors (Lipinski definition) is 1. The topological polar surface area (TPSA) is 29.5 Å². The molecule has 1 unspecified atom stereocenters. The summed E-state index contributed by atoms with van der Waals surface area (Å²) in [5.74, 6) is -0.821. The zero-order valence-electron chi connectivity index (χ0n) is 10.2. The Morgan fingerprint density at radius 2 is 2.00 bits per heavy atom. The monoisotopic (exact) mass is 256 g/mol. The van der Waals surface area contributed by atoms with Gasteiger partial charge in [0, 0.05) is 6.07 Å². The maximum absolute atomic E-state index is 13.3. The lowest BCUT2D eigenvalue weighted by molar-refractivity contribution is 0.0836. The predicted molar refractivity (Wildman–Crippen MR) is 64.4 cm³/mol. The van der Waals surface area contributed by atoms with E-state index in [4.69, 9.17) is 4.74 Å². The Bertz CT molecular complexity index is 389. The van der Waals surface area contributed by atoms with E-state index in [1.54, 1.807) is 0 Å². The third-order valence-electron chi connectivity index (χ3n) is 3.41. The Kier molecular flexibility index (Phi) is 4.53. The number of hydrogen-bond acceptors (Lipinski definition) is 2. The first-order valence-corrected chi connectivity index (χ1v) is 6.41. The van der Waals surface area contributed by atoms with Crippen molar-refractivity contribution < 1.29 is 18.6 Å². The van der Waals surface area contributed by atoms with Crippen molar-refractivity contribution in [3.8, 4) is 5.75 Å². The van der Waals surface area contributed by atoms with Gasteiger partial charge in [-0.25, -0.2) is 8.78 Å².